The molecule has 0 radical (unpaired) electrons. The van der Waals surface area contributed by atoms with Gasteiger partial charge in [-0.3, -0.25) is 9.59 Å². The summed E-state index contributed by atoms with van der Waals surface area (Å²) in [6.07, 6.45) is 0. The third kappa shape index (κ3) is 4.91. The average molecular weight is 331 g/mol. The number of likely N-dealkylation sites (N-methyl/N-ethyl adjacent to an activating group) is 1. The van der Waals surface area contributed by atoms with E-state index in [1.807, 2.05) is 60.9 Å². The van der Waals surface area contributed by atoms with Crippen molar-refractivity contribution in [3.05, 3.63) is 52.2 Å². The van der Waals surface area contributed by atoms with Gasteiger partial charge in [-0.2, -0.15) is 11.3 Å². The molecule has 1 heterocycles. The van der Waals surface area contributed by atoms with Gasteiger partial charge in [-0.25, -0.2) is 0 Å². The van der Waals surface area contributed by atoms with E-state index in [4.69, 9.17) is 0 Å². The highest BCUT2D eigenvalue weighted by atomic mass is 32.1. The number of hydrogen-bond donors (Lipinski definition) is 2. The van der Waals surface area contributed by atoms with Gasteiger partial charge in [0.15, 0.2) is 0 Å². The standard InChI is InChI=1S/C17H21N3O2S/c1-12-5-4-6-14(9-12)19-17(22)16(21)18-10-15(20(2)3)13-7-8-23-11-13/h4-9,11,15H,10H2,1-3H3,(H,18,21)(H,19,22). The Labute approximate surface area is 140 Å². The summed E-state index contributed by atoms with van der Waals surface area (Å²) in [5.74, 6) is -1.29. The van der Waals surface area contributed by atoms with Gasteiger partial charge in [0.1, 0.15) is 0 Å². The molecule has 0 saturated carbocycles. The molecule has 0 bridgehead atoms. The van der Waals surface area contributed by atoms with Crippen LogP contribution in [-0.2, 0) is 9.59 Å². The van der Waals surface area contributed by atoms with Crippen LogP contribution >= 0.6 is 11.3 Å². The lowest BCUT2D eigenvalue weighted by Gasteiger charge is -2.23. The fourth-order valence-electron chi connectivity index (χ4n) is 2.24. The maximum Gasteiger partial charge on any atom is 0.313 e. The summed E-state index contributed by atoms with van der Waals surface area (Å²) in [5.41, 5.74) is 2.76. The molecule has 0 saturated heterocycles. The van der Waals surface area contributed by atoms with Crippen LogP contribution in [0.5, 0.6) is 0 Å². The molecule has 23 heavy (non-hydrogen) atoms. The number of nitrogens with one attached hydrogen (secondary N) is 2. The van der Waals surface area contributed by atoms with Crippen molar-refractivity contribution in [3.63, 3.8) is 0 Å². The number of rotatable bonds is 5. The number of hydrogen-bond acceptors (Lipinski definition) is 4. The quantitative estimate of drug-likeness (QED) is 0.827. The first-order valence-electron chi connectivity index (χ1n) is 7.31. The van der Waals surface area contributed by atoms with Gasteiger partial charge in [0, 0.05) is 12.2 Å². The molecule has 1 atom stereocenters. The molecular formula is C17H21N3O2S. The fourth-order valence-corrected chi connectivity index (χ4v) is 2.95. The van der Waals surface area contributed by atoms with Gasteiger partial charge < -0.3 is 15.5 Å². The predicted octanol–water partition coefficient (Wildman–Crippen LogP) is 2.41. The van der Waals surface area contributed by atoms with Crippen LogP contribution in [0.15, 0.2) is 41.1 Å². The zero-order valence-corrected chi connectivity index (χ0v) is 14.3. The van der Waals surface area contributed by atoms with Gasteiger partial charge in [0.05, 0.1) is 6.04 Å². The third-order valence-electron chi connectivity index (χ3n) is 3.49. The number of amides is 2. The molecule has 0 aliphatic heterocycles. The van der Waals surface area contributed by atoms with Crippen molar-refractivity contribution >= 4 is 28.8 Å². The number of carbonyl (C=O) groups is 2. The summed E-state index contributed by atoms with van der Waals surface area (Å²) in [7, 11) is 3.89. The third-order valence-corrected chi connectivity index (χ3v) is 4.19. The summed E-state index contributed by atoms with van der Waals surface area (Å²) in [5, 5.41) is 9.35. The first kappa shape index (κ1) is 17.2. The Morgan fingerprint density at radius 2 is 2.00 bits per heavy atom. The number of nitrogens with zero attached hydrogens (tertiary/aromatic N) is 1. The van der Waals surface area contributed by atoms with Crippen molar-refractivity contribution in [1.82, 2.24) is 10.2 Å². The fraction of sp³-hybridized carbons (Fsp3) is 0.294. The minimum atomic E-state index is -0.654. The van der Waals surface area contributed by atoms with Crippen LogP contribution in [0.1, 0.15) is 17.2 Å². The highest BCUT2D eigenvalue weighted by Crippen LogP contribution is 2.19. The zero-order chi connectivity index (χ0) is 16.8. The van der Waals surface area contributed by atoms with E-state index in [0.29, 0.717) is 12.2 Å². The van der Waals surface area contributed by atoms with Gasteiger partial charge >= 0.3 is 11.8 Å². The second kappa shape index (κ2) is 7.89. The van der Waals surface area contributed by atoms with Gasteiger partial charge in [0.2, 0.25) is 0 Å². The van der Waals surface area contributed by atoms with Crippen molar-refractivity contribution in [2.75, 3.05) is 26.0 Å². The second-order valence-electron chi connectivity index (χ2n) is 5.57. The molecule has 2 N–H and O–H groups in total. The molecule has 122 valence electrons. The summed E-state index contributed by atoms with van der Waals surface area (Å²) in [6.45, 7) is 2.31. The van der Waals surface area contributed by atoms with Crippen LogP contribution in [0.2, 0.25) is 0 Å². The zero-order valence-electron chi connectivity index (χ0n) is 13.5. The van der Waals surface area contributed by atoms with E-state index in [0.717, 1.165) is 11.1 Å². The van der Waals surface area contributed by atoms with Crippen molar-refractivity contribution in [1.29, 1.82) is 0 Å². The average Bonchev–Trinajstić information content (AvgIpc) is 3.01. The van der Waals surface area contributed by atoms with Crippen LogP contribution < -0.4 is 10.6 Å². The lowest BCUT2D eigenvalue weighted by molar-refractivity contribution is -0.136. The SMILES string of the molecule is Cc1cccc(NC(=O)C(=O)NCC(c2ccsc2)N(C)C)c1. The highest BCUT2D eigenvalue weighted by Gasteiger charge is 2.19. The lowest BCUT2D eigenvalue weighted by atomic mass is 10.1. The van der Waals surface area contributed by atoms with Crippen molar-refractivity contribution in [3.8, 4) is 0 Å². The lowest BCUT2D eigenvalue weighted by Crippen LogP contribution is -2.40. The van der Waals surface area contributed by atoms with Crippen LogP contribution in [0.25, 0.3) is 0 Å². The molecule has 0 spiro atoms. The monoisotopic (exact) mass is 331 g/mol. The van der Waals surface area contributed by atoms with Gasteiger partial charge in [-0.1, -0.05) is 12.1 Å². The van der Waals surface area contributed by atoms with E-state index in [1.165, 1.54) is 0 Å². The summed E-state index contributed by atoms with van der Waals surface area (Å²) >= 11 is 1.61. The van der Waals surface area contributed by atoms with Crippen LogP contribution in [-0.4, -0.2) is 37.4 Å². The molecule has 0 fully saturated rings. The number of thiophene rings is 1. The molecule has 0 aliphatic carbocycles. The topological polar surface area (TPSA) is 61.4 Å². The minimum absolute atomic E-state index is 0.0389. The normalized spacial score (nSPS) is 12.0. The molecule has 1 unspecified atom stereocenters. The molecule has 1 aromatic carbocycles. The Hall–Kier alpha value is -2.18. The first-order valence-corrected chi connectivity index (χ1v) is 8.26. The van der Waals surface area contributed by atoms with E-state index >= 15 is 0 Å². The van der Waals surface area contributed by atoms with Gasteiger partial charge in [-0.05, 0) is 61.1 Å². The number of carbonyl (C=O) groups excluding carboxylic acids is 2. The second-order valence-corrected chi connectivity index (χ2v) is 6.35. The van der Waals surface area contributed by atoms with Crippen molar-refractivity contribution < 1.29 is 9.59 Å². The first-order chi connectivity index (χ1) is 11.0. The van der Waals surface area contributed by atoms with E-state index in [1.54, 1.807) is 17.4 Å². The molecule has 5 nitrogen and oxygen atoms in total. The molecule has 6 heteroatoms. The number of benzene rings is 1. The van der Waals surface area contributed by atoms with Crippen LogP contribution in [0, 0.1) is 6.92 Å². The Morgan fingerprint density at radius 3 is 2.61 bits per heavy atom. The van der Waals surface area contributed by atoms with E-state index in [2.05, 4.69) is 10.6 Å². The van der Waals surface area contributed by atoms with Gasteiger partial charge in [0.25, 0.3) is 0 Å². The minimum Gasteiger partial charge on any atom is -0.346 e. The summed E-state index contributed by atoms with van der Waals surface area (Å²) in [4.78, 5) is 26.0. The Morgan fingerprint density at radius 1 is 1.22 bits per heavy atom. The van der Waals surface area contributed by atoms with E-state index in [-0.39, 0.29) is 6.04 Å². The summed E-state index contributed by atoms with van der Waals surface area (Å²) in [6, 6.07) is 9.40. The Balaban J connectivity index is 1.91. The molecular weight excluding hydrogens is 310 g/mol. The maximum atomic E-state index is 12.0. The van der Waals surface area contributed by atoms with E-state index < -0.39 is 11.8 Å². The predicted molar refractivity (Wildman–Crippen MR) is 93.6 cm³/mol. The Kier molecular flexibility index (Phi) is 5.90. The smallest absolute Gasteiger partial charge is 0.313 e. The molecule has 2 rings (SSSR count). The van der Waals surface area contributed by atoms with Crippen molar-refractivity contribution in [2.24, 2.45) is 0 Å². The number of anilines is 1. The highest BCUT2D eigenvalue weighted by molar-refractivity contribution is 7.07. The summed E-state index contributed by atoms with van der Waals surface area (Å²) < 4.78 is 0. The Bertz CT molecular complexity index is 668. The van der Waals surface area contributed by atoms with Crippen molar-refractivity contribution in [2.45, 2.75) is 13.0 Å². The largest absolute Gasteiger partial charge is 0.346 e. The number of aryl methyl sites for hydroxylation is 1. The molecule has 1 aromatic heterocycles. The maximum absolute atomic E-state index is 12.0. The molecule has 2 aromatic rings. The van der Waals surface area contributed by atoms with Crippen LogP contribution in [0.3, 0.4) is 0 Å². The van der Waals surface area contributed by atoms with E-state index in [9.17, 15) is 9.59 Å². The molecule has 2 amide bonds. The van der Waals surface area contributed by atoms with Crippen LogP contribution in [0.4, 0.5) is 5.69 Å². The molecule has 0 aliphatic rings. The van der Waals surface area contributed by atoms with Gasteiger partial charge in [-0.15, -0.1) is 0 Å².